The second kappa shape index (κ2) is 8.23. The first-order valence-corrected chi connectivity index (χ1v) is 10.0. The van der Waals surface area contributed by atoms with Gasteiger partial charge in [-0.1, -0.05) is 25.1 Å². The highest BCUT2D eigenvalue weighted by Gasteiger charge is 2.33. The number of nitrogens with zero attached hydrogens (tertiary/aromatic N) is 4. The quantitative estimate of drug-likeness (QED) is 0.651. The van der Waals surface area contributed by atoms with Gasteiger partial charge in [0.25, 0.3) is 17.7 Å². The number of nitrogens with one attached hydrogen (secondary N) is 1. The largest absolute Gasteiger partial charge is 0.322 e. The second-order valence-corrected chi connectivity index (χ2v) is 7.34. The fourth-order valence-corrected chi connectivity index (χ4v) is 3.57. The Hall–Kier alpha value is -4.06. The summed E-state index contributed by atoms with van der Waals surface area (Å²) in [6, 6.07) is 14.0. The smallest absolute Gasteiger partial charge is 0.277 e. The topological polar surface area (TPSA) is 91.0 Å². The van der Waals surface area contributed by atoms with Crippen LogP contribution >= 0.6 is 0 Å². The lowest BCUT2D eigenvalue weighted by Gasteiger charge is -2.28. The zero-order valence-corrected chi connectivity index (χ0v) is 17.2. The van der Waals surface area contributed by atoms with E-state index in [1.807, 2.05) is 6.07 Å². The van der Waals surface area contributed by atoms with Crippen molar-refractivity contribution in [1.82, 2.24) is 9.78 Å². The van der Waals surface area contributed by atoms with Crippen molar-refractivity contribution in [3.63, 3.8) is 0 Å². The van der Waals surface area contributed by atoms with Crippen LogP contribution in [-0.4, -0.2) is 28.1 Å². The van der Waals surface area contributed by atoms with Gasteiger partial charge >= 0.3 is 0 Å². The Morgan fingerprint density at radius 2 is 1.97 bits per heavy atom. The molecule has 1 aliphatic rings. The van der Waals surface area contributed by atoms with Crippen LogP contribution in [0.5, 0.6) is 0 Å². The van der Waals surface area contributed by atoms with Crippen LogP contribution in [0, 0.1) is 11.3 Å². The van der Waals surface area contributed by atoms with E-state index in [2.05, 4.69) is 10.4 Å². The molecule has 0 saturated heterocycles. The minimum Gasteiger partial charge on any atom is -0.322 e. The molecule has 1 N–H and O–H groups in total. The van der Waals surface area contributed by atoms with Crippen molar-refractivity contribution in [3.05, 3.63) is 77.1 Å². The molecule has 0 atom stereocenters. The first-order chi connectivity index (χ1) is 15.3. The fraction of sp³-hybridized carbons (Fsp3) is 0.217. The average molecular weight is 435 g/mol. The predicted octanol–water partition coefficient (Wildman–Crippen LogP) is 4.17. The molecule has 32 heavy (non-hydrogen) atoms. The van der Waals surface area contributed by atoms with E-state index in [-0.39, 0.29) is 23.2 Å². The molecule has 0 unspecified atom stereocenters. The van der Waals surface area contributed by atoms with Crippen molar-refractivity contribution in [2.24, 2.45) is 0 Å². The van der Waals surface area contributed by atoms with Crippen molar-refractivity contribution in [2.75, 3.05) is 16.8 Å². The molecular formula is C23H19F2N5O2. The molecule has 0 fully saturated rings. The molecule has 162 valence electrons. The number of halogens is 2. The molecule has 0 bridgehead atoms. The molecule has 1 aromatic heterocycles. The maximum absolute atomic E-state index is 13.9. The summed E-state index contributed by atoms with van der Waals surface area (Å²) in [5.41, 5.74) is 1.37. The summed E-state index contributed by atoms with van der Waals surface area (Å²) >= 11 is 0. The highest BCUT2D eigenvalue weighted by atomic mass is 19.3. The number of aromatic nitrogens is 2. The molecule has 7 nitrogen and oxygen atoms in total. The number of nitriles is 1. The Kier molecular flexibility index (Phi) is 5.45. The molecule has 2 amide bonds. The fourth-order valence-electron chi connectivity index (χ4n) is 3.57. The third-order valence-electron chi connectivity index (χ3n) is 5.36. The summed E-state index contributed by atoms with van der Waals surface area (Å²) in [5.74, 6) is -3.91. The summed E-state index contributed by atoms with van der Waals surface area (Å²) in [6.45, 7) is 2.06. The summed E-state index contributed by atoms with van der Waals surface area (Å²) < 4.78 is 29.3. The molecule has 0 radical (unpaired) electrons. The van der Waals surface area contributed by atoms with Gasteiger partial charge in [-0.2, -0.15) is 10.4 Å². The Morgan fingerprint density at radius 3 is 2.66 bits per heavy atom. The van der Waals surface area contributed by atoms with Crippen LogP contribution in [-0.2, 0) is 12.5 Å². The average Bonchev–Trinajstić information content (AvgIpc) is 3.25. The van der Waals surface area contributed by atoms with Crippen LogP contribution in [0.3, 0.4) is 0 Å². The third-order valence-corrected chi connectivity index (χ3v) is 5.36. The Labute approximate surface area is 182 Å². The molecule has 4 rings (SSSR count). The van der Waals surface area contributed by atoms with Crippen LogP contribution < -0.4 is 10.2 Å². The van der Waals surface area contributed by atoms with E-state index in [0.717, 1.165) is 0 Å². The van der Waals surface area contributed by atoms with Gasteiger partial charge in [0.2, 0.25) is 0 Å². The number of hydrogen-bond acceptors (Lipinski definition) is 4. The second-order valence-electron chi connectivity index (χ2n) is 7.34. The maximum atomic E-state index is 13.9. The third kappa shape index (κ3) is 3.83. The van der Waals surface area contributed by atoms with Gasteiger partial charge in [0, 0.05) is 29.9 Å². The number of alkyl halides is 2. The number of rotatable bonds is 5. The number of benzene rings is 2. The molecule has 3 aromatic rings. The molecule has 1 aliphatic heterocycles. The first kappa shape index (κ1) is 21.2. The van der Waals surface area contributed by atoms with Crippen molar-refractivity contribution in [2.45, 2.75) is 25.8 Å². The zero-order chi connectivity index (χ0) is 22.9. The van der Waals surface area contributed by atoms with Gasteiger partial charge in [-0.25, -0.2) is 8.78 Å². The molecule has 2 heterocycles. The van der Waals surface area contributed by atoms with E-state index >= 15 is 0 Å². The van der Waals surface area contributed by atoms with E-state index in [4.69, 9.17) is 5.26 Å². The lowest BCUT2D eigenvalue weighted by atomic mass is 10.1. The van der Waals surface area contributed by atoms with Crippen molar-refractivity contribution >= 4 is 23.2 Å². The monoisotopic (exact) mass is 435 g/mol. The Balaban J connectivity index is 1.59. The van der Waals surface area contributed by atoms with Crippen molar-refractivity contribution in [3.8, 4) is 6.07 Å². The number of carbonyl (C=O) groups excluding carboxylic acids is 2. The van der Waals surface area contributed by atoms with Crippen LogP contribution in [0.1, 0.15) is 45.3 Å². The van der Waals surface area contributed by atoms with E-state index < -0.39 is 17.7 Å². The number of fused-ring (bicyclic) bond motifs is 1. The normalized spacial score (nSPS) is 13.4. The number of hydrogen-bond donors (Lipinski definition) is 1. The molecule has 0 spiro atoms. The van der Waals surface area contributed by atoms with E-state index in [0.29, 0.717) is 30.0 Å². The lowest BCUT2D eigenvalue weighted by Crippen LogP contribution is -2.41. The lowest BCUT2D eigenvalue weighted by molar-refractivity contribution is -0.00827. The van der Waals surface area contributed by atoms with Crippen molar-refractivity contribution in [1.29, 1.82) is 5.26 Å². The van der Waals surface area contributed by atoms with Crippen LogP contribution in [0.2, 0.25) is 0 Å². The zero-order valence-electron chi connectivity index (χ0n) is 17.2. The van der Waals surface area contributed by atoms with Gasteiger partial charge in [0.1, 0.15) is 5.69 Å². The van der Waals surface area contributed by atoms with Crippen LogP contribution in [0.25, 0.3) is 0 Å². The Morgan fingerprint density at radius 1 is 1.22 bits per heavy atom. The maximum Gasteiger partial charge on any atom is 0.277 e. The van der Waals surface area contributed by atoms with Gasteiger partial charge in [0.15, 0.2) is 0 Å². The summed E-state index contributed by atoms with van der Waals surface area (Å²) in [5, 5.41) is 15.8. The molecule has 0 aliphatic carbocycles. The number of amides is 2. The number of carbonyl (C=O) groups is 2. The summed E-state index contributed by atoms with van der Waals surface area (Å²) in [7, 11) is 0. The highest BCUT2D eigenvalue weighted by molar-refractivity contribution is 6.15. The minimum absolute atomic E-state index is 0.0937. The SMILES string of the molecule is CCC(F)(F)c1ccc(N2CCn3ncc(C(=O)Nc4cccc(C#N)c4)c3C2=O)cc1. The standard InChI is InChI=1S/C23H19F2N5O2/c1-2-23(24,25)16-6-8-18(9-7-16)29-10-11-30-20(22(29)32)19(14-27-30)21(31)28-17-5-3-4-15(12-17)13-26/h3-9,12,14H,2,10-11H2,1H3,(H,28,31). The van der Waals surface area contributed by atoms with E-state index in [1.165, 1.54) is 53.0 Å². The first-order valence-electron chi connectivity index (χ1n) is 10.0. The van der Waals surface area contributed by atoms with Gasteiger partial charge in [-0.3, -0.25) is 14.3 Å². The van der Waals surface area contributed by atoms with Gasteiger partial charge < -0.3 is 10.2 Å². The van der Waals surface area contributed by atoms with E-state index in [1.54, 1.807) is 18.2 Å². The van der Waals surface area contributed by atoms with Crippen LogP contribution in [0.15, 0.2) is 54.7 Å². The molecule has 2 aromatic carbocycles. The van der Waals surface area contributed by atoms with Crippen LogP contribution in [0.4, 0.5) is 20.2 Å². The molecule has 0 saturated carbocycles. The molecular weight excluding hydrogens is 416 g/mol. The van der Waals surface area contributed by atoms with Gasteiger partial charge in [0.05, 0.1) is 29.9 Å². The van der Waals surface area contributed by atoms with Gasteiger partial charge in [-0.15, -0.1) is 0 Å². The van der Waals surface area contributed by atoms with E-state index in [9.17, 15) is 18.4 Å². The highest BCUT2D eigenvalue weighted by Crippen LogP contribution is 2.33. The summed E-state index contributed by atoms with van der Waals surface area (Å²) in [4.78, 5) is 27.5. The number of anilines is 2. The predicted molar refractivity (Wildman–Crippen MR) is 114 cm³/mol. The minimum atomic E-state index is -2.93. The van der Waals surface area contributed by atoms with Gasteiger partial charge in [-0.05, 0) is 30.3 Å². The summed E-state index contributed by atoms with van der Waals surface area (Å²) in [6.07, 6.45) is 1.01. The Bertz CT molecular complexity index is 1230. The van der Waals surface area contributed by atoms with Crippen molar-refractivity contribution < 1.29 is 18.4 Å². The molecule has 9 heteroatoms.